The van der Waals surface area contributed by atoms with E-state index in [-0.39, 0.29) is 23.3 Å². The van der Waals surface area contributed by atoms with Crippen molar-refractivity contribution in [3.05, 3.63) is 47.7 Å². The van der Waals surface area contributed by atoms with Crippen LogP contribution in [0, 0.1) is 11.3 Å². The number of fused-ring (bicyclic) bond motifs is 1. The van der Waals surface area contributed by atoms with Gasteiger partial charge in [0.25, 0.3) is 0 Å². The maximum atomic E-state index is 14.1. The highest BCUT2D eigenvalue weighted by Gasteiger charge is 2.42. The van der Waals surface area contributed by atoms with Crippen LogP contribution in [0.4, 0.5) is 0 Å². The van der Waals surface area contributed by atoms with Crippen LogP contribution in [-0.4, -0.2) is 88.0 Å². The molecule has 3 amide bonds. The molecule has 0 bridgehead atoms. The van der Waals surface area contributed by atoms with Gasteiger partial charge >= 0.3 is 11.9 Å². The Morgan fingerprint density at radius 3 is 2.09 bits per heavy atom. The molecule has 0 spiro atoms. The summed E-state index contributed by atoms with van der Waals surface area (Å²) in [6, 6.07) is 4.02. The van der Waals surface area contributed by atoms with Crippen molar-refractivity contribution in [2.75, 3.05) is 14.1 Å². The highest BCUT2D eigenvalue weighted by molar-refractivity contribution is 5.97. The quantitative estimate of drug-likeness (QED) is 0.173. The molecule has 45 heavy (non-hydrogen) atoms. The third kappa shape index (κ3) is 8.93. The highest BCUT2D eigenvalue weighted by Crippen LogP contribution is 2.34. The second kappa shape index (κ2) is 14.7. The van der Waals surface area contributed by atoms with Crippen molar-refractivity contribution in [2.45, 2.75) is 91.4 Å². The number of para-hydroxylation sites is 1. The number of carbonyl (C=O) groups excluding carboxylic acids is 3. The van der Waals surface area contributed by atoms with Crippen LogP contribution in [0.5, 0.6) is 0 Å². The van der Waals surface area contributed by atoms with Gasteiger partial charge in [0.05, 0.1) is 18.5 Å². The molecule has 12 nitrogen and oxygen atoms in total. The minimum absolute atomic E-state index is 0.122. The standard InChI is InChI=1S/C33H49N5O7/c1-18(2)24(15-19(3)28(41)36-23(31(44)45)16-25(39)40)38(10)30(43)27(32(4,5)6)37-29(42)26(34-9)33(7,8)21-17-35-22-14-12-11-13-20(21)22/h11-15,17-18,23-24,26-27,34-35H,16H2,1-10H3,(H,36,41)(H,37,42)(H,39,40)(H,44,45)/b19-15+/t23-,24+,26+,27+/m0/s1. The number of benzene rings is 1. The Hall–Kier alpha value is -4.19. The molecule has 0 saturated heterocycles. The van der Waals surface area contributed by atoms with Gasteiger partial charge in [0.2, 0.25) is 17.7 Å². The first-order valence-electron chi connectivity index (χ1n) is 15.0. The SMILES string of the molecule is CN[C@H](C(=O)N[C@H](C(=O)N(C)[C@H](/C=C(\C)C(=O)N[C@@H](CC(=O)O)C(=O)O)C(C)C)C(C)(C)C)C(C)(C)c1c[nH]c2ccccc12. The molecular formula is C33H49N5O7. The van der Waals surface area contributed by atoms with Crippen LogP contribution in [0.25, 0.3) is 10.9 Å². The number of carbonyl (C=O) groups is 5. The summed E-state index contributed by atoms with van der Waals surface area (Å²) in [6.45, 7) is 14.7. The van der Waals surface area contributed by atoms with Crippen molar-refractivity contribution in [3.8, 4) is 0 Å². The lowest BCUT2D eigenvalue weighted by atomic mass is 9.76. The first kappa shape index (κ1) is 37.0. The van der Waals surface area contributed by atoms with E-state index in [1.54, 1.807) is 20.2 Å². The number of nitrogens with zero attached hydrogens (tertiary/aromatic N) is 1. The van der Waals surface area contributed by atoms with E-state index >= 15 is 0 Å². The summed E-state index contributed by atoms with van der Waals surface area (Å²) in [5.41, 5.74) is 0.677. The molecule has 1 heterocycles. The Kier molecular flexibility index (Phi) is 12.1. The fraction of sp³-hybridized carbons (Fsp3) is 0.545. The number of aliphatic carboxylic acids is 2. The average molecular weight is 628 g/mol. The summed E-state index contributed by atoms with van der Waals surface area (Å²) in [7, 11) is 3.30. The number of carboxylic acids is 2. The van der Waals surface area contributed by atoms with Gasteiger partial charge in [0, 0.05) is 35.1 Å². The summed E-state index contributed by atoms with van der Waals surface area (Å²) in [4.78, 5) is 68.1. The molecule has 0 radical (unpaired) electrons. The van der Waals surface area contributed by atoms with E-state index in [2.05, 4.69) is 20.9 Å². The van der Waals surface area contributed by atoms with Gasteiger partial charge in [0.15, 0.2) is 0 Å². The summed E-state index contributed by atoms with van der Waals surface area (Å²) in [5, 5.41) is 27.7. The van der Waals surface area contributed by atoms with Crippen molar-refractivity contribution in [3.63, 3.8) is 0 Å². The second-order valence-electron chi connectivity index (χ2n) is 13.5. The lowest BCUT2D eigenvalue weighted by Crippen LogP contribution is -2.61. The van der Waals surface area contributed by atoms with Gasteiger partial charge in [-0.25, -0.2) is 4.79 Å². The molecule has 12 heteroatoms. The van der Waals surface area contributed by atoms with E-state index in [1.807, 2.05) is 78.9 Å². The summed E-state index contributed by atoms with van der Waals surface area (Å²) in [6.07, 6.45) is 2.68. The Morgan fingerprint density at radius 1 is 0.978 bits per heavy atom. The predicted octanol–water partition coefficient (Wildman–Crippen LogP) is 3.04. The molecule has 1 aromatic carbocycles. The van der Waals surface area contributed by atoms with Crippen molar-refractivity contribution in [1.82, 2.24) is 25.8 Å². The topological polar surface area (TPSA) is 181 Å². The number of carboxylic acid groups (broad SMARTS) is 2. The van der Waals surface area contributed by atoms with Crippen molar-refractivity contribution in [2.24, 2.45) is 11.3 Å². The average Bonchev–Trinajstić information content (AvgIpc) is 3.37. The number of nitrogens with one attached hydrogen (secondary N) is 4. The number of likely N-dealkylation sites (N-methyl/N-ethyl adjacent to an activating group) is 2. The summed E-state index contributed by atoms with van der Waals surface area (Å²) in [5.74, 6) is -4.48. The van der Waals surface area contributed by atoms with Gasteiger partial charge in [-0.15, -0.1) is 0 Å². The number of hydrogen-bond donors (Lipinski definition) is 6. The van der Waals surface area contributed by atoms with Crippen LogP contribution in [-0.2, 0) is 29.4 Å². The number of hydrogen-bond acceptors (Lipinski definition) is 6. The van der Waals surface area contributed by atoms with Crippen molar-refractivity contribution < 1.29 is 34.2 Å². The van der Waals surface area contributed by atoms with Crippen molar-refractivity contribution in [1.29, 1.82) is 0 Å². The smallest absolute Gasteiger partial charge is 0.326 e. The number of aromatic amines is 1. The van der Waals surface area contributed by atoms with Gasteiger partial charge in [0.1, 0.15) is 12.1 Å². The number of H-pyrrole nitrogens is 1. The number of rotatable bonds is 14. The number of aromatic nitrogens is 1. The van der Waals surface area contributed by atoms with E-state index in [0.29, 0.717) is 0 Å². The molecule has 4 atom stereocenters. The lowest BCUT2D eigenvalue weighted by Gasteiger charge is -2.39. The second-order valence-corrected chi connectivity index (χ2v) is 13.5. The minimum Gasteiger partial charge on any atom is -0.481 e. The van der Waals surface area contributed by atoms with E-state index in [0.717, 1.165) is 16.5 Å². The molecule has 6 N–H and O–H groups in total. The fourth-order valence-corrected chi connectivity index (χ4v) is 5.53. The molecule has 0 aliphatic carbocycles. The molecule has 0 aliphatic rings. The zero-order valence-corrected chi connectivity index (χ0v) is 27.9. The van der Waals surface area contributed by atoms with E-state index in [4.69, 9.17) is 5.11 Å². The Morgan fingerprint density at radius 2 is 1.58 bits per heavy atom. The maximum Gasteiger partial charge on any atom is 0.326 e. The Balaban J connectivity index is 2.36. The fourth-order valence-electron chi connectivity index (χ4n) is 5.53. The predicted molar refractivity (Wildman–Crippen MR) is 173 cm³/mol. The van der Waals surface area contributed by atoms with Gasteiger partial charge in [-0.1, -0.05) is 72.7 Å². The van der Waals surface area contributed by atoms with Crippen LogP contribution >= 0.6 is 0 Å². The van der Waals surface area contributed by atoms with Crippen LogP contribution < -0.4 is 16.0 Å². The van der Waals surface area contributed by atoms with Crippen molar-refractivity contribution >= 4 is 40.6 Å². The van der Waals surface area contributed by atoms with Crippen LogP contribution in [0.1, 0.15) is 67.4 Å². The first-order valence-corrected chi connectivity index (χ1v) is 15.0. The Bertz CT molecular complexity index is 1440. The van der Waals surface area contributed by atoms with E-state index in [9.17, 15) is 29.1 Å². The van der Waals surface area contributed by atoms with Crippen LogP contribution in [0.2, 0.25) is 0 Å². The summed E-state index contributed by atoms with van der Waals surface area (Å²) < 4.78 is 0. The van der Waals surface area contributed by atoms with Crippen LogP contribution in [0.15, 0.2) is 42.1 Å². The van der Waals surface area contributed by atoms with Gasteiger partial charge in [-0.05, 0) is 36.9 Å². The molecule has 2 rings (SSSR count). The maximum absolute atomic E-state index is 14.1. The Labute approximate surface area is 265 Å². The van der Waals surface area contributed by atoms with E-state index in [1.165, 1.54) is 11.8 Å². The first-order chi connectivity index (χ1) is 20.7. The lowest BCUT2D eigenvalue weighted by molar-refractivity contribution is -0.146. The largest absolute Gasteiger partial charge is 0.481 e. The summed E-state index contributed by atoms with van der Waals surface area (Å²) >= 11 is 0. The monoisotopic (exact) mass is 627 g/mol. The third-order valence-corrected chi connectivity index (χ3v) is 8.19. The molecule has 0 unspecified atom stereocenters. The molecule has 0 aliphatic heterocycles. The molecule has 0 fully saturated rings. The zero-order chi connectivity index (χ0) is 34.4. The van der Waals surface area contributed by atoms with Gasteiger partial charge < -0.3 is 36.0 Å². The molecule has 2 aromatic rings. The van der Waals surface area contributed by atoms with Gasteiger partial charge in [-0.2, -0.15) is 0 Å². The normalized spacial score (nSPS) is 15.2. The highest BCUT2D eigenvalue weighted by atomic mass is 16.4. The zero-order valence-electron chi connectivity index (χ0n) is 27.9. The number of amides is 3. The van der Waals surface area contributed by atoms with Gasteiger partial charge in [-0.3, -0.25) is 19.2 Å². The minimum atomic E-state index is -1.61. The van der Waals surface area contributed by atoms with E-state index < -0.39 is 59.3 Å². The van der Waals surface area contributed by atoms with Crippen LogP contribution in [0.3, 0.4) is 0 Å². The molecule has 1 aromatic heterocycles. The third-order valence-electron chi connectivity index (χ3n) is 8.19. The molecule has 0 saturated carbocycles. The molecule has 248 valence electrons. The molecular weight excluding hydrogens is 578 g/mol.